The molecule has 12 heavy (non-hydrogen) atoms. The molecule has 0 N–H and O–H groups in total. The summed E-state index contributed by atoms with van der Waals surface area (Å²) in [6, 6.07) is 0. The highest BCUT2D eigenvalue weighted by molar-refractivity contribution is 6.31. The van der Waals surface area contributed by atoms with Gasteiger partial charge in [-0.25, -0.2) is 0 Å². The monoisotopic (exact) mass is 186 g/mol. The quantitative estimate of drug-likeness (QED) is 0.588. The Kier molecular flexibility index (Phi) is 2.58. The summed E-state index contributed by atoms with van der Waals surface area (Å²) in [5.74, 6) is -0.223. The minimum atomic E-state index is -0.535. The van der Waals surface area contributed by atoms with E-state index in [4.69, 9.17) is 11.6 Å². The molecule has 0 heterocycles. The van der Waals surface area contributed by atoms with Gasteiger partial charge in [0.15, 0.2) is 0 Å². The highest BCUT2D eigenvalue weighted by atomic mass is 35.5. The third-order valence-electron chi connectivity index (χ3n) is 1.98. The molecule has 0 aromatic carbocycles. The second-order valence-corrected chi connectivity index (χ2v) is 3.47. The van der Waals surface area contributed by atoms with Crippen LogP contribution in [0.3, 0.4) is 0 Å². The summed E-state index contributed by atoms with van der Waals surface area (Å²) in [5, 5.41) is 0.677. The highest BCUT2D eigenvalue weighted by Crippen LogP contribution is 2.31. The molecule has 1 aliphatic carbocycles. The Balaban J connectivity index is 2.78. The van der Waals surface area contributed by atoms with Crippen molar-refractivity contribution in [3.63, 3.8) is 0 Å². The molecular formula is C9H11ClO2. The molecule has 0 saturated heterocycles. The normalized spacial score (nSPS) is 28.1. The number of hydrogen-bond acceptors (Lipinski definition) is 2. The number of carbonyl (C=O) groups is 1. The van der Waals surface area contributed by atoms with Crippen LogP contribution in [0.1, 0.15) is 13.3 Å². The summed E-state index contributed by atoms with van der Waals surface area (Å²) in [6.45, 7) is 1.83. The van der Waals surface area contributed by atoms with E-state index in [1.165, 1.54) is 7.11 Å². The Labute approximate surface area is 76.9 Å². The lowest BCUT2D eigenvalue weighted by Crippen LogP contribution is -2.27. The molecule has 3 heteroatoms. The Bertz CT molecular complexity index is 255. The first-order valence-electron chi connectivity index (χ1n) is 3.72. The predicted octanol–water partition coefficient (Wildman–Crippen LogP) is 2.25. The van der Waals surface area contributed by atoms with Crippen molar-refractivity contribution in [3.8, 4) is 0 Å². The van der Waals surface area contributed by atoms with E-state index in [0.717, 1.165) is 0 Å². The number of hydrogen-bond donors (Lipinski definition) is 0. The van der Waals surface area contributed by atoms with E-state index in [0.29, 0.717) is 11.5 Å². The van der Waals surface area contributed by atoms with Gasteiger partial charge in [0.2, 0.25) is 0 Å². The van der Waals surface area contributed by atoms with Crippen LogP contribution in [0.2, 0.25) is 0 Å². The summed E-state index contributed by atoms with van der Waals surface area (Å²) in [5.41, 5.74) is -0.535. The van der Waals surface area contributed by atoms with E-state index in [2.05, 4.69) is 4.74 Å². The molecule has 1 atom stereocenters. The van der Waals surface area contributed by atoms with Crippen molar-refractivity contribution in [1.82, 2.24) is 0 Å². The Hall–Kier alpha value is -0.760. The molecule has 0 fully saturated rings. The van der Waals surface area contributed by atoms with Crippen molar-refractivity contribution >= 4 is 17.6 Å². The average Bonchev–Trinajstić information content (AvgIpc) is 2.09. The minimum absolute atomic E-state index is 0.223. The van der Waals surface area contributed by atoms with Gasteiger partial charge in [-0.2, -0.15) is 0 Å². The van der Waals surface area contributed by atoms with Crippen LogP contribution < -0.4 is 0 Å². The SMILES string of the molecule is COC(=O)C1(C)C=CC(Cl)=CC1. The zero-order chi connectivity index (χ0) is 9.19. The lowest BCUT2D eigenvalue weighted by atomic mass is 9.84. The molecule has 0 aromatic rings. The standard InChI is InChI=1S/C9H11ClO2/c1-9(8(11)12-2)5-3-7(10)4-6-9/h3-5H,6H2,1-2H3. The second-order valence-electron chi connectivity index (χ2n) is 3.04. The molecule has 0 amide bonds. The van der Waals surface area contributed by atoms with Crippen LogP contribution in [0.5, 0.6) is 0 Å². The van der Waals surface area contributed by atoms with Gasteiger partial charge in [0.25, 0.3) is 0 Å². The van der Waals surface area contributed by atoms with E-state index >= 15 is 0 Å². The zero-order valence-electron chi connectivity index (χ0n) is 7.13. The summed E-state index contributed by atoms with van der Waals surface area (Å²) < 4.78 is 4.67. The molecule has 0 spiro atoms. The Morgan fingerprint density at radius 3 is 2.83 bits per heavy atom. The van der Waals surface area contributed by atoms with Crippen LogP contribution in [0, 0.1) is 5.41 Å². The maximum absolute atomic E-state index is 11.2. The molecule has 1 aliphatic rings. The van der Waals surface area contributed by atoms with E-state index in [9.17, 15) is 4.79 Å². The van der Waals surface area contributed by atoms with Crippen LogP contribution in [0.4, 0.5) is 0 Å². The number of esters is 1. The van der Waals surface area contributed by atoms with Crippen molar-refractivity contribution in [2.75, 3.05) is 7.11 Å². The summed E-state index contributed by atoms with van der Waals surface area (Å²) in [6.07, 6.45) is 5.93. The fourth-order valence-corrected chi connectivity index (χ4v) is 1.23. The van der Waals surface area contributed by atoms with E-state index in [1.54, 1.807) is 12.2 Å². The predicted molar refractivity (Wildman–Crippen MR) is 47.8 cm³/mol. The molecule has 0 saturated carbocycles. The van der Waals surface area contributed by atoms with Gasteiger partial charge in [0.05, 0.1) is 12.5 Å². The van der Waals surface area contributed by atoms with Gasteiger partial charge < -0.3 is 4.74 Å². The topological polar surface area (TPSA) is 26.3 Å². The third-order valence-corrected chi connectivity index (χ3v) is 2.26. The first-order valence-corrected chi connectivity index (χ1v) is 4.09. The number of methoxy groups -OCH3 is 1. The molecule has 1 rings (SSSR count). The molecular weight excluding hydrogens is 176 g/mol. The van der Waals surface area contributed by atoms with Crippen LogP contribution in [-0.4, -0.2) is 13.1 Å². The highest BCUT2D eigenvalue weighted by Gasteiger charge is 2.31. The number of halogens is 1. The first-order chi connectivity index (χ1) is 5.58. The minimum Gasteiger partial charge on any atom is -0.468 e. The van der Waals surface area contributed by atoms with E-state index < -0.39 is 5.41 Å². The smallest absolute Gasteiger partial charge is 0.315 e. The van der Waals surface area contributed by atoms with Crippen molar-refractivity contribution in [3.05, 3.63) is 23.3 Å². The van der Waals surface area contributed by atoms with Crippen LogP contribution in [0.25, 0.3) is 0 Å². The number of allylic oxidation sites excluding steroid dienone is 3. The summed E-state index contributed by atoms with van der Waals surface area (Å²) in [7, 11) is 1.39. The molecule has 0 bridgehead atoms. The molecule has 0 aromatic heterocycles. The van der Waals surface area contributed by atoms with Gasteiger partial charge in [0.1, 0.15) is 0 Å². The van der Waals surface area contributed by atoms with E-state index in [1.807, 2.05) is 13.0 Å². The van der Waals surface area contributed by atoms with Crippen molar-refractivity contribution in [2.45, 2.75) is 13.3 Å². The summed E-state index contributed by atoms with van der Waals surface area (Å²) >= 11 is 5.71. The fourth-order valence-electron chi connectivity index (χ4n) is 1.09. The largest absolute Gasteiger partial charge is 0.468 e. The van der Waals surface area contributed by atoms with Crippen molar-refractivity contribution in [1.29, 1.82) is 0 Å². The lowest BCUT2D eigenvalue weighted by Gasteiger charge is -2.23. The first kappa shape index (κ1) is 9.33. The van der Waals surface area contributed by atoms with Crippen LogP contribution >= 0.6 is 11.6 Å². The Morgan fingerprint density at radius 2 is 2.42 bits per heavy atom. The molecule has 1 unspecified atom stereocenters. The average molecular weight is 187 g/mol. The van der Waals surface area contributed by atoms with Crippen LogP contribution in [0.15, 0.2) is 23.3 Å². The van der Waals surface area contributed by atoms with Gasteiger partial charge in [-0.3, -0.25) is 4.79 Å². The van der Waals surface area contributed by atoms with Gasteiger partial charge in [-0.05, 0) is 19.4 Å². The lowest BCUT2D eigenvalue weighted by molar-refractivity contribution is -0.148. The van der Waals surface area contributed by atoms with E-state index in [-0.39, 0.29) is 5.97 Å². The Morgan fingerprint density at radius 1 is 1.75 bits per heavy atom. The van der Waals surface area contributed by atoms with Crippen molar-refractivity contribution < 1.29 is 9.53 Å². The molecule has 66 valence electrons. The van der Waals surface area contributed by atoms with Gasteiger partial charge in [-0.1, -0.05) is 23.8 Å². The second kappa shape index (κ2) is 3.31. The van der Waals surface area contributed by atoms with Gasteiger partial charge in [0, 0.05) is 5.03 Å². The molecule has 0 aliphatic heterocycles. The van der Waals surface area contributed by atoms with Crippen LogP contribution in [-0.2, 0) is 9.53 Å². The third kappa shape index (κ3) is 1.69. The zero-order valence-corrected chi connectivity index (χ0v) is 7.89. The fraction of sp³-hybridized carbons (Fsp3) is 0.444. The molecule has 2 nitrogen and oxygen atoms in total. The maximum atomic E-state index is 11.2. The van der Waals surface area contributed by atoms with Crippen molar-refractivity contribution in [2.24, 2.45) is 5.41 Å². The number of ether oxygens (including phenoxy) is 1. The van der Waals surface area contributed by atoms with Gasteiger partial charge >= 0.3 is 5.97 Å². The summed E-state index contributed by atoms with van der Waals surface area (Å²) in [4.78, 5) is 11.2. The maximum Gasteiger partial charge on any atom is 0.315 e. The number of carbonyl (C=O) groups excluding carboxylic acids is 1. The van der Waals surface area contributed by atoms with Gasteiger partial charge in [-0.15, -0.1) is 0 Å². The molecule has 0 radical (unpaired) electrons. The number of rotatable bonds is 1.